The van der Waals surface area contributed by atoms with Gasteiger partial charge in [0, 0.05) is 21.1 Å². The van der Waals surface area contributed by atoms with Crippen LogP contribution in [-0.4, -0.2) is 22.4 Å². The van der Waals surface area contributed by atoms with Crippen molar-refractivity contribution < 1.29 is 18.8 Å². The number of halogens is 2. The van der Waals surface area contributed by atoms with E-state index in [1.165, 1.54) is 18.2 Å². The zero-order valence-corrected chi connectivity index (χ0v) is 17.0. The molecule has 4 amide bonds. The largest absolute Gasteiger partial charge is 0.335 e. The van der Waals surface area contributed by atoms with E-state index in [4.69, 9.17) is 0 Å². The van der Waals surface area contributed by atoms with Gasteiger partial charge in [-0.3, -0.25) is 14.9 Å². The molecule has 0 radical (unpaired) electrons. The molecule has 0 aliphatic carbocycles. The Kier molecular flexibility index (Phi) is 5.01. The third-order valence-corrected chi connectivity index (χ3v) is 5.08. The quantitative estimate of drug-likeness (QED) is 0.337. The Morgan fingerprint density at radius 3 is 2.24 bits per heavy atom. The summed E-state index contributed by atoms with van der Waals surface area (Å²) in [5.74, 6) is -2.06. The maximum atomic E-state index is 13.2. The number of anilines is 1. The van der Waals surface area contributed by atoms with Crippen LogP contribution in [0.25, 0.3) is 11.8 Å². The van der Waals surface area contributed by atoms with Crippen molar-refractivity contribution in [1.29, 1.82) is 0 Å². The normalized spacial score (nSPS) is 15.7. The second kappa shape index (κ2) is 7.63. The molecule has 1 N–H and O–H groups in total. The maximum absolute atomic E-state index is 13.2. The minimum absolute atomic E-state index is 0.167. The van der Waals surface area contributed by atoms with Gasteiger partial charge in [-0.05, 0) is 89.3 Å². The van der Waals surface area contributed by atoms with E-state index in [1.54, 1.807) is 12.1 Å². The van der Waals surface area contributed by atoms with Crippen molar-refractivity contribution in [2.75, 3.05) is 4.90 Å². The monoisotopic (exact) mass is 501 g/mol. The molecule has 1 aliphatic rings. The van der Waals surface area contributed by atoms with Crippen molar-refractivity contribution in [3.8, 4) is 5.69 Å². The molecule has 1 fully saturated rings. The SMILES string of the molecule is O=C1NC(=O)N(c2ccc(F)cc2)C(=O)/C1=C/c1cccn1-c1ccc(I)cc1. The Bertz CT molecular complexity index is 1150. The van der Waals surface area contributed by atoms with Gasteiger partial charge in [0.2, 0.25) is 0 Å². The molecule has 0 saturated carbocycles. The fraction of sp³-hybridized carbons (Fsp3) is 0. The highest BCUT2D eigenvalue weighted by molar-refractivity contribution is 14.1. The number of imide groups is 2. The third-order valence-electron chi connectivity index (χ3n) is 4.36. The molecule has 29 heavy (non-hydrogen) atoms. The van der Waals surface area contributed by atoms with E-state index in [0.717, 1.165) is 26.3 Å². The zero-order valence-electron chi connectivity index (χ0n) is 14.8. The average molecular weight is 501 g/mol. The van der Waals surface area contributed by atoms with Crippen LogP contribution in [0.3, 0.4) is 0 Å². The number of aromatic nitrogens is 1. The smallest absolute Gasteiger partial charge is 0.317 e. The van der Waals surface area contributed by atoms with E-state index >= 15 is 0 Å². The fourth-order valence-electron chi connectivity index (χ4n) is 2.98. The highest BCUT2D eigenvalue weighted by Crippen LogP contribution is 2.23. The second-order valence-corrected chi connectivity index (χ2v) is 7.46. The predicted octanol–water partition coefficient (Wildman–Crippen LogP) is 3.89. The standard InChI is InChI=1S/C21H13FIN3O3/c22-13-3-7-16(8-4-13)26-20(28)18(19(27)24-21(26)29)12-17-2-1-11-25(17)15-9-5-14(23)6-10-15/h1-12H,(H,24,27,29)/b18-12+. The maximum Gasteiger partial charge on any atom is 0.335 e. The fourth-order valence-corrected chi connectivity index (χ4v) is 3.34. The Morgan fingerprint density at radius 2 is 1.55 bits per heavy atom. The average Bonchev–Trinajstić information content (AvgIpc) is 3.15. The van der Waals surface area contributed by atoms with Crippen LogP contribution in [-0.2, 0) is 9.59 Å². The Hall–Kier alpha value is -3.27. The Morgan fingerprint density at radius 1 is 0.897 bits per heavy atom. The molecule has 0 unspecified atom stereocenters. The van der Waals surface area contributed by atoms with Gasteiger partial charge in [-0.15, -0.1) is 0 Å². The summed E-state index contributed by atoms with van der Waals surface area (Å²) >= 11 is 2.20. The zero-order chi connectivity index (χ0) is 20.5. The highest BCUT2D eigenvalue weighted by atomic mass is 127. The molecule has 2 aromatic carbocycles. The number of nitrogens with zero attached hydrogens (tertiary/aromatic N) is 2. The minimum atomic E-state index is -0.878. The number of nitrogens with one attached hydrogen (secondary N) is 1. The van der Waals surface area contributed by atoms with E-state index in [0.29, 0.717) is 5.69 Å². The minimum Gasteiger partial charge on any atom is -0.317 e. The van der Waals surface area contributed by atoms with E-state index in [9.17, 15) is 18.8 Å². The number of hydrogen-bond donors (Lipinski definition) is 1. The number of urea groups is 1. The summed E-state index contributed by atoms with van der Waals surface area (Å²) in [5, 5.41) is 2.16. The Labute approximate surface area is 178 Å². The number of benzene rings is 2. The number of rotatable bonds is 3. The van der Waals surface area contributed by atoms with Crippen LogP contribution in [0.15, 0.2) is 72.4 Å². The molecule has 1 aromatic heterocycles. The number of carbonyl (C=O) groups is 3. The first-order chi connectivity index (χ1) is 13.9. The van der Waals surface area contributed by atoms with Gasteiger partial charge in [0.05, 0.1) is 5.69 Å². The van der Waals surface area contributed by atoms with Gasteiger partial charge in [-0.25, -0.2) is 14.1 Å². The molecular weight excluding hydrogens is 488 g/mol. The van der Waals surface area contributed by atoms with Gasteiger partial charge >= 0.3 is 6.03 Å². The van der Waals surface area contributed by atoms with Gasteiger partial charge in [-0.2, -0.15) is 0 Å². The van der Waals surface area contributed by atoms with Crippen molar-refractivity contribution in [1.82, 2.24) is 9.88 Å². The lowest BCUT2D eigenvalue weighted by atomic mass is 10.1. The summed E-state index contributed by atoms with van der Waals surface area (Å²) in [4.78, 5) is 38.3. The summed E-state index contributed by atoms with van der Waals surface area (Å²) < 4.78 is 16.1. The molecule has 0 atom stereocenters. The van der Waals surface area contributed by atoms with Crippen LogP contribution in [0, 0.1) is 9.39 Å². The Balaban J connectivity index is 1.73. The van der Waals surface area contributed by atoms with Crippen LogP contribution in [0.5, 0.6) is 0 Å². The molecule has 1 saturated heterocycles. The first-order valence-electron chi connectivity index (χ1n) is 8.54. The van der Waals surface area contributed by atoms with Crippen LogP contribution in [0.4, 0.5) is 14.9 Å². The molecule has 4 rings (SSSR count). The topological polar surface area (TPSA) is 71.4 Å². The van der Waals surface area contributed by atoms with Gasteiger partial charge in [-0.1, -0.05) is 0 Å². The van der Waals surface area contributed by atoms with Gasteiger partial charge in [0.15, 0.2) is 0 Å². The number of barbiturate groups is 1. The van der Waals surface area contributed by atoms with Crippen LogP contribution >= 0.6 is 22.6 Å². The highest BCUT2D eigenvalue weighted by Gasteiger charge is 2.37. The van der Waals surface area contributed by atoms with E-state index in [1.807, 2.05) is 35.0 Å². The molecule has 1 aliphatic heterocycles. The molecule has 2 heterocycles. The van der Waals surface area contributed by atoms with Crippen molar-refractivity contribution in [2.24, 2.45) is 0 Å². The van der Waals surface area contributed by atoms with E-state index in [-0.39, 0.29) is 11.3 Å². The van der Waals surface area contributed by atoms with E-state index < -0.39 is 23.7 Å². The predicted molar refractivity (Wildman–Crippen MR) is 114 cm³/mol. The lowest BCUT2D eigenvalue weighted by Gasteiger charge is -2.26. The molecule has 6 nitrogen and oxygen atoms in total. The lowest BCUT2D eigenvalue weighted by Crippen LogP contribution is -2.54. The second-order valence-electron chi connectivity index (χ2n) is 6.21. The first-order valence-corrected chi connectivity index (χ1v) is 9.62. The summed E-state index contributed by atoms with van der Waals surface area (Å²) in [6, 6.07) is 15.3. The first kappa shape index (κ1) is 19.1. The number of hydrogen-bond acceptors (Lipinski definition) is 3. The molecule has 144 valence electrons. The van der Waals surface area contributed by atoms with Crippen LogP contribution < -0.4 is 10.2 Å². The van der Waals surface area contributed by atoms with Crippen molar-refractivity contribution in [3.05, 3.63) is 87.5 Å². The van der Waals surface area contributed by atoms with E-state index in [2.05, 4.69) is 27.9 Å². The summed E-state index contributed by atoms with van der Waals surface area (Å²) in [6.45, 7) is 0. The van der Waals surface area contributed by atoms with Crippen LogP contribution in [0.2, 0.25) is 0 Å². The van der Waals surface area contributed by atoms with Gasteiger partial charge in [0.25, 0.3) is 11.8 Å². The number of amides is 4. The lowest BCUT2D eigenvalue weighted by molar-refractivity contribution is -0.122. The molecular formula is C21H13FIN3O3. The number of carbonyl (C=O) groups excluding carboxylic acids is 3. The van der Waals surface area contributed by atoms with Crippen molar-refractivity contribution >= 4 is 52.2 Å². The van der Waals surface area contributed by atoms with Gasteiger partial charge < -0.3 is 4.57 Å². The molecule has 8 heteroatoms. The molecule has 3 aromatic rings. The summed E-state index contributed by atoms with van der Waals surface area (Å²) in [5.41, 5.74) is 1.43. The van der Waals surface area contributed by atoms with Crippen molar-refractivity contribution in [2.45, 2.75) is 0 Å². The van der Waals surface area contributed by atoms with Crippen LogP contribution in [0.1, 0.15) is 5.69 Å². The molecule has 0 spiro atoms. The summed E-state index contributed by atoms with van der Waals surface area (Å²) in [7, 11) is 0. The van der Waals surface area contributed by atoms with Crippen molar-refractivity contribution in [3.63, 3.8) is 0 Å². The third kappa shape index (κ3) is 3.70. The van der Waals surface area contributed by atoms with Gasteiger partial charge in [0.1, 0.15) is 11.4 Å². The molecule has 0 bridgehead atoms. The summed E-state index contributed by atoms with van der Waals surface area (Å²) in [6.07, 6.45) is 3.24.